The zero-order valence-electron chi connectivity index (χ0n) is 11.0. The van der Waals surface area contributed by atoms with Gasteiger partial charge in [0.15, 0.2) is 0 Å². The van der Waals surface area contributed by atoms with Crippen molar-refractivity contribution in [1.29, 1.82) is 0 Å². The van der Waals surface area contributed by atoms with Crippen LogP contribution in [0.5, 0.6) is 0 Å². The Morgan fingerprint density at radius 3 is 2.78 bits per heavy atom. The molecule has 2 aliphatic rings. The lowest BCUT2D eigenvalue weighted by molar-refractivity contribution is -0.139. The molecule has 5 nitrogen and oxygen atoms in total. The van der Waals surface area contributed by atoms with Crippen molar-refractivity contribution in [3.8, 4) is 0 Å². The maximum atomic E-state index is 12.0. The molecule has 2 fully saturated rings. The first-order valence-corrected chi connectivity index (χ1v) is 6.91. The van der Waals surface area contributed by atoms with Gasteiger partial charge in [-0.3, -0.25) is 14.5 Å². The molecule has 0 aromatic heterocycles. The number of hydrogen-bond donors (Lipinski definition) is 1. The standard InChI is InChI=1S/C13H22N2O3/c1-2-7-18-8-3-6-14-11-9-12(16)15(13(11)17)10-4-5-10/h10-11,14H,2-9H2,1H3. The number of carbonyl (C=O) groups is 2. The Balaban J connectivity index is 1.64. The number of nitrogens with one attached hydrogen (secondary N) is 1. The molecule has 102 valence electrons. The Kier molecular flexibility index (Phi) is 4.72. The van der Waals surface area contributed by atoms with Crippen molar-refractivity contribution in [2.75, 3.05) is 19.8 Å². The third-order valence-electron chi connectivity index (χ3n) is 3.30. The molecule has 0 aromatic carbocycles. The molecule has 18 heavy (non-hydrogen) atoms. The Morgan fingerprint density at radius 1 is 1.33 bits per heavy atom. The number of ether oxygens (including phenoxy) is 1. The topological polar surface area (TPSA) is 58.6 Å². The van der Waals surface area contributed by atoms with Crippen LogP contribution in [0.3, 0.4) is 0 Å². The maximum Gasteiger partial charge on any atom is 0.247 e. The van der Waals surface area contributed by atoms with E-state index in [0.29, 0.717) is 13.0 Å². The molecule has 1 N–H and O–H groups in total. The summed E-state index contributed by atoms with van der Waals surface area (Å²) < 4.78 is 5.36. The van der Waals surface area contributed by atoms with Crippen molar-refractivity contribution in [2.24, 2.45) is 0 Å². The van der Waals surface area contributed by atoms with Crippen LogP contribution in [0.1, 0.15) is 39.0 Å². The van der Waals surface area contributed by atoms with Crippen LogP contribution in [0.15, 0.2) is 0 Å². The highest BCUT2D eigenvalue weighted by molar-refractivity contribution is 6.06. The summed E-state index contributed by atoms with van der Waals surface area (Å²) in [6.45, 7) is 4.30. The molecule has 1 unspecified atom stereocenters. The molecule has 0 aromatic rings. The summed E-state index contributed by atoms with van der Waals surface area (Å²) in [4.78, 5) is 25.1. The minimum atomic E-state index is -0.302. The first kappa shape index (κ1) is 13.5. The van der Waals surface area contributed by atoms with Crippen LogP contribution >= 0.6 is 0 Å². The molecule has 0 bridgehead atoms. The van der Waals surface area contributed by atoms with Crippen LogP contribution in [0, 0.1) is 0 Å². The number of carbonyl (C=O) groups excluding carboxylic acids is 2. The van der Waals surface area contributed by atoms with E-state index < -0.39 is 0 Å². The summed E-state index contributed by atoms with van der Waals surface area (Å²) in [5, 5.41) is 3.16. The molecule has 1 saturated carbocycles. The quantitative estimate of drug-likeness (QED) is 0.511. The van der Waals surface area contributed by atoms with Gasteiger partial charge >= 0.3 is 0 Å². The van der Waals surface area contributed by atoms with Crippen LogP contribution in [-0.2, 0) is 14.3 Å². The summed E-state index contributed by atoms with van der Waals surface area (Å²) in [6, 6.07) is -0.103. The first-order chi connectivity index (χ1) is 8.74. The van der Waals surface area contributed by atoms with Gasteiger partial charge in [-0.25, -0.2) is 0 Å². The molecule has 1 heterocycles. The number of likely N-dealkylation sites (tertiary alicyclic amines) is 1. The molecule has 5 heteroatoms. The van der Waals surface area contributed by atoms with Gasteiger partial charge in [-0.15, -0.1) is 0 Å². The second-order valence-corrected chi connectivity index (χ2v) is 5.01. The zero-order valence-corrected chi connectivity index (χ0v) is 11.0. The summed E-state index contributed by atoms with van der Waals surface area (Å²) in [7, 11) is 0. The van der Waals surface area contributed by atoms with E-state index in [1.165, 1.54) is 4.90 Å². The highest BCUT2D eigenvalue weighted by Gasteiger charge is 2.45. The van der Waals surface area contributed by atoms with Crippen LogP contribution in [0.2, 0.25) is 0 Å². The fraction of sp³-hybridized carbons (Fsp3) is 0.846. The van der Waals surface area contributed by atoms with Crippen molar-refractivity contribution in [1.82, 2.24) is 10.2 Å². The predicted molar refractivity (Wildman–Crippen MR) is 67.0 cm³/mol. The van der Waals surface area contributed by atoms with Gasteiger partial charge < -0.3 is 10.1 Å². The van der Waals surface area contributed by atoms with Crippen molar-refractivity contribution in [3.05, 3.63) is 0 Å². The minimum absolute atomic E-state index is 0.0118. The van der Waals surface area contributed by atoms with E-state index in [0.717, 1.165) is 38.8 Å². The van der Waals surface area contributed by atoms with Crippen molar-refractivity contribution < 1.29 is 14.3 Å². The highest BCUT2D eigenvalue weighted by atomic mass is 16.5. The molecule has 1 aliphatic heterocycles. The largest absolute Gasteiger partial charge is 0.381 e. The van der Waals surface area contributed by atoms with Gasteiger partial charge in [0.1, 0.15) is 0 Å². The molecular weight excluding hydrogens is 232 g/mol. The number of hydrogen-bond acceptors (Lipinski definition) is 4. The van der Waals surface area contributed by atoms with Gasteiger partial charge in [0.25, 0.3) is 0 Å². The van der Waals surface area contributed by atoms with Crippen LogP contribution < -0.4 is 5.32 Å². The number of amides is 2. The third-order valence-corrected chi connectivity index (χ3v) is 3.30. The predicted octanol–water partition coefficient (Wildman–Crippen LogP) is 0.683. The van der Waals surface area contributed by atoms with Crippen LogP contribution in [0.25, 0.3) is 0 Å². The van der Waals surface area contributed by atoms with Gasteiger partial charge in [0.05, 0.1) is 12.5 Å². The lowest BCUT2D eigenvalue weighted by atomic mass is 10.2. The van der Waals surface area contributed by atoms with E-state index in [-0.39, 0.29) is 23.9 Å². The van der Waals surface area contributed by atoms with Crippen molar-refractivity contribution in [3.63, 3.8) is 0 Å². The fourth-order valence-electron chi connectivity index (χ4n) is 2.22. The second kappa shape index (κ2) is 6.29. The SMILES string of the molecule is CCCOCCCNC1CC(=O)N(C2CC2)C1=O. The van der Waals surface area contributed by atoms with E-state index in [1.807, 2.05) is 0 Å². The van der Waals surface area contributed by atoms with E-state index in [9.17, 15) is 9.59 Å². The average Bonchev–Trinajstić information content (AvgIpc) is 3.12. The van der Waals surface area contributed by atoms with E-state index in [4.69, 9.17) is 4.74 Å². The number of nitrogens with zero attached hydrogens (tertiary/aromatic N) is 1. The summed E-state index contributed by atoms with van der Waals surface area (Å²) in [5.41, 5.74) is 0. The third kappa shape index (κ3) is 3.29. The molecule has 2 amide bonds. The van der Waals surface area contributed by atoms with Crippen molar-refractivity contribution >= 4 is 11.8 Å². The number of imide groups is 1. The lowest BCUT2D eigenvalue weighted by Crippen LogP contribution is -2.40. The molecule has 1 atom stereocenters. The summed E-state index contributed by atoms with van der Waals surface area (Å²) >= 11 is 0. The van der Waals surface area contributed by atoms with Crippen molar-refractivity contribution in [2.45, 2.75) is 51.1 Å². The first-order valence-electron chi connectivity index (χ1n) is 6.91. The minimum Gasteiger partial charge on any atom is -0.381 e. The van der Waals surface area contributed by atoms with Gasteiger partial charge in [-0.1, -0.05) is 6.92 Å². The molecule has 0 radical (unpaired) electrons. The molecular formula is C13H22N2O3. The summed E-state index contributed by atoms with van der Waals surface area (Å²) in [6.07, 6.45) is 4.19. The zero-order chi connectivity index (χ0) is 13.0. The Labute approximate surface area is 108 Å². The molecule has 1 saturated heterocycles. The normalized spacial score (nSPS) is 24.1. The second-order valence-electron chi connectivity index (χ2n) is 5.01. The lowest BCUT2D eigenvalue weighted by Gasteiger charge is -2.14. The average molecular weight is 254 g/mol. The molecule has 1 aliphatic carbocycles. The Morgan fingerprint density at radius 2 is 2.11 bits per heavy atom. The highest BCUT2D eigenvalue weighted by Crippen LogP contribution is 2.31. The van der Waals surface area contributed by atoms with E-state index >= 15 is 0 Å². The van der Waals surface area contributed by atoms with Gasteiger partial charge in [-0.2, -0.15) is 0 Å². The smallest absolute Gasteiger partial charge is 0.247 e. The van der Waals surface area contributed by atoms with Gasteiger partial charge in [0.2, 0.25) is 11.8 Å². The fourth-order valence-corrected chi connectivity index (χ4v) is 2.22. The van der Waals surface area contributed by atoms with Crippen LogP contribution in [-0.4, -0.2) is 48.6 Å². The Hall–Kier alpha value is -0.940. The Bertz CT molecular complexity index is 315. The van der Waals surface area contributed by atoms with E-state index in [2.05, 4.69) is 12.2 Å². The monoisotopic (exact) mass is 254 g/mol. The van der Waals surface area contributed by atoms with Gasteiger partial charge in [-0.05, 0) is 32.2 Å². The van der Waals surface area contributed by atoms with Crippen LogP contribution in [0.4, 0.5) is 0 Å². The summed E-state index contributed by atoms with van der Waals surface area (Å²) in [5.74, 6) is -0.0424. The maximum absolute atomic E-state index is 12.0. The van der Waals surface area contributed by atoms with E-state index in [1.54, 1.807) is 0 Å². The van der Waals surface area contributed by atoms with Gasteiger partial charge in [0, 0.05) is 19.3 Å². The number of rotatable bonds is 8. The molecule has 0 spiro atoms. The molecule has 2 rings (SSSR count).